The quantitative estimate of drug-likeness (QED) is 0.742. The molecular formula is C10H14N2O. The largest absolute Gasteiger partial charge is 0.318 e. The van der Waals surface area contributed by atoms with Crippen LogP contribution in [0.2, 0.25) is 0 Å². The lowest BCUT2D eigenvalue weighted by atomic mass is 10.0. The first kappa shape index (κ1) is 9.86. The molecule has 0 saturated carbocycles. The number of carbonyl (C=O) groups excluding carboxylic acids is 1. The highest BCUT2D eigenvalue weighted by Crippen LogP contribution is 2.14. The molecular weight excluding hydrogens is 164 g/mol. The van der Waals surface area contributed by atoms with Crippen LogP contribution in [0.1, 0.15) is 29.9 Å². The molecule has 3 nitrogen and oxygen atoms in total. The summed E-state index contributed by atoms with van der Waals surface area (Å²) in [6.07, 6.45) is 0. The van der Waals surface area contributed by atoms with Crippen LogP contribution >= 0.6 is 0 Å². The number of rotatable bonds is 2. The fourth-order valence-corrected chi connectivity index (χ4v) is 1.25. The molecule has 1 rings (SSSR count). The van der Waals surface area contributed by atoms with Crippen molar-refractivity contribution in [1.82, 2.24) is 4.98 Å². The molecule has 0 aliphatic rings. The fourth-order valence-electron chi connectivity index (χ4n) is 1.25. The predicted molar refractivity (Wildman–Crippen MR) is 51.3 cm³/mol. The maximum atomic E-state index is 11.0. The SMILES string of the molecule is CC(=O)C(N)c1ccc(C)nc1C. The van der Waals surface area contributed by atoms with Gasteiger partial charge in [-0.2, -0.15) is 0 Å². The van der Waals surface area contributed by atoms with Crippen molar-refractivity contribution in [1.29, 1.82) is 0 Å². The number of hydrogen-bond acceptors (Lipinski definition) is 3. The zero-order valence-corrected chi connectivity index (χ0v) is 8.16. The molecule has 0 aromatic carbocycles. The highest BCUT2D eigenvalue weighted by atomic mass is 16.1. The molecule has 0 radical (unpaired) electrons. The molecule has 0 amide bonds. The van der Waals surface area contributed by atoms with Crippen molar-refractivity contribution in [2.45, 2.75) is 26.8 Å². The number of aryl methyl sites for hydroxylation is 2. The first-order valence-electron chi connectivity index (χ1n) is 4.22. The Balaban J connectivity index is 3.08. The van der Waals surface area contributed by atoms with Crippen LogP contribution in [0.25, 0.3) is 0 Å². The molecule has 1 aromatic rings. The van der Waals surface area contributed by atoms with Crippen molar-refractivity contribution >= 4 is 5.78 Å². The summed E-state index contributed by atoms with van der Waals surface area (Å²) in [6, 6.07) is 3.20. The van der Waals surface area contributed by atoms with Crippen LogP contribution in [0.3, 0.4) is 0 Å². The molecule has 0 saturated heterocycles. The number of carbonyl (C=O) groups is 1. The highest BCUT2D eigenvalue weighted by Gasteiger charge is 2.13. The first-order chi connectivity index (χ1) is 6.02. The Kier molecular flexibility index (Phi) is 2.78. The van der Waals surface area contributed by atoms with Gasteiger partial charge in [-0.15, -0.1) is 0 Å². The summed E-state index contributed by atoms with van der Waals surface area (Å²) < 4.78 is 0. The van der Waals surface area contributed by atoms with E-state index in [-0.39, 0.29) is 5.78 Å². The van der Waals surface area contributed by atoms with Gasteiger partial charge in [0.2, 0.25) is 0 Å². The van der Waals surface area contributed by atoms with E-state index in [1.165, 1.54) is 6.92 Å². The van der Waals surface area contributed by atoms with Gasteiger partial charge < -0.3 is 5.73 Å². The molecule has 3 heteroatoms. The van der Waals surface area contributed by atoms with Gasteiger partial charge in [0.05, 0.1) is 6.04 Å². The summed E-state index contributed by atoms with van der Waals surface area (Å²) in [5, 5.41) is 0. The van der Waals surface area contributed by atoms with Crippen molar-refractivity contribution in [3.05, 3.63) is 29.1 Å². The minimum atomic E-state index is -0.534. The van der Waals surface area contributed by atoms with Crippen LogP contribution in [-0.2, 0) is 4.79 Å². The van der Waals surface area contributed by atoms with Crippen molar-refractivity contribution in [2.24, 2.45) is 5.73 Å². The minimum absolute atomic E-state index is 0.0336. The molecule has 0 aliphatic carbocycles. The average Bonchev–Trinajstić information content (AvgIpc) is 2.03. The second-order valence-electron chi connectivity index (χ2n) is 3.22. The zero-order chi connectivity index (χ0) is 10.0. The lowest BCUT2D eigenvalue weighted by Crippen LogP contribution is -2.20. The summed E-state index contributed by atoms with van der Waals surface area (Å²) >= 11 is 0. The van der Waals surface area contributed by atoms with E-state index in [1.54, 1.807) is 0 Å². The number of nitrogens with two attached hydrogens (primary N) is 1. The minimum Gasteiger partial charge on any atom is -0.318 e. The Hall–Kier alpha value is -1.22. The number of Topliss-reactive ketones (excluding diaryl/α,β-unsaturated/α-hetero) is 1. The van der Waals surface area contributed by atoms with E-state index in [1.807, 2.05) is 26.0 Å². The lowest BCUT2D eigenvalue weighted by Gasteiger charge is -2.10. The molecule has 13 heavy (non-hydrogen) atoms. The smallest absolute Gasteiger partial charge is 0.151 e. The third-order valence-corrected chi connectivity index (χ3v) is 2.04. The normalized spacial score (nSPS) is 12.6. The third kappa shape index (κ3) is 2.12. The summed E-state index contributed by atoms with van der Waals surface area (Å²) in [7, 11) is 0. The molecule has 70 valence electrons. The van der Waals surface area contributed by atoms with Gasteiger partial charge in [-0.25, -0.2) is 0 Å². The van der Waals surface area contributed by atoms with Crippen molar-refractivity contribution in [2.75, 3.05) is 0 Å². The second-order valence-corrected chi connectivity index (χ2v) is 3.22. The number of nitrogens with zero attached hydrogens (tertiary/aromatic N) is 1. The van der Waals surface area contributed by atoms with Gasteiger partial charge in [0.1, 0.15) is 0 Å². The average molecular weight is 178 g/mol. The van der Waals surface area contributed by atoms with E-state index in [9.17, 15) is 4.79 Å². The van der Waals surface area contributed by atoms with E-state index >= 15 is 0 Å². The molecule has 0 aliphatic heterocycles. The maximum absolute atomic E-state index is 11.0. The first-order valence-corrected chi connectivity index (χ1v) is 4.22. The van der Waals surface area contributed by atoms with Crippen molar-refractivity contribution in [3.63, 3.8) is 0 Å². The van der Waals surface area contributed by atoms with Crippen LogP contribution < -0.4 is 5.73 Å². The van der Waals surface area contributed by atoms with Crippen LogP contribution in [-0.4, -0.2) is 10.8 Å². The van der Waals surface area contributed by atoms with Gasteiger partial charge in [-0.05, 0) is 32.4 Å². The molecule has 1 aromatic heterocycles. The topological polar surface area (TPSA) is 56.0 Å². The molecule has 0 fully saturated rings. The second kappa shape index (κ2) is 3.66. The number of pyridine rings is 1. The predicted octanol–water partition coefficient (Wildman–Crippen LogP) is 1.29. The van der Waals surface area contributed by atoms with Gasteiger partial charge in [-0.3, -0.25) is 9.78 Å². The standard InChI is InChI=1S/C10H14N2O/c1-6-4-5-9(7(2)12-6)10(11)8(3)13/h4-5,10H,11H2,1-3H3. The van der Waals surface area contributed by atoms with Crippen LogP contribution in [0.4, 0.5) is 0 Å². The third-order valence-electron chi connectivity index (χ3n) is 2.04. The zero-order valence-electron chi connectivity index (χ0n) is 8.16. The van der Waals surface area contributed by atoms with Crippen LogP contribution in [0.15, 0.2) is 12.1 Å². The van der Waals surface area contributed by atoms with Gasteiger partial charge in [-0.1, -0.05) is 6.07 Å². The van der Waals surface area contributed by atoms with E-state index in [0.717, 1.165) is 17.0 Å². The monoisotopic (exact) mass is 178 g/mol. The van der Waals surface area contributed by atoms with E-state index < -0.39 is 6.04 Å². The van der Waals surface area contributed by atoms with Crippen molar-refractivity contribution in [3.8, 4) is 0 Å². The Morgan fingerprint density at radius 2 is 2.08 bits per heavy atom. The fraction of sp³-hybridized carbons (Fsp3) is 0.400. The number of hydrogen-bond donors (Lipinski definition) is 1. The maximum Gasteiger partial charge on any atom is 0.151 e. The summed E-state index contributed by atoms with van der Waals surface area (Å²) in [5.41, 5.74) is 8.29. The summed E-state index contributed by atoms with van der Waals surface area (Å²) in [6.45, 7) is 5.27. The lowest BCUT2D eigenvalue weighted by molar-refractivity contribution is -0.118. The Labute approximate surface area is 78.0 Å². The molecule has 1 atom stereocenters. The van der Waals surface area contributed by atoms with E-state index in [4.69, 9.17) is 5.73 Å². The van der Waals surface area contributed by atoms with Gasteiger partial charge >= 0.3 is 0 Å². The molecule has 0 spiro atoms. The number of ketones is 1. The van der Waals surface area contributed by atoms with Crippen molar-refractivity contribution < 1.29 is 4.79 Å². The van der Waals surface area contributed by atoms with Crippen LogP contribution in [0, 0.1) is 13.8 Å². The van der Waals surface area contributed by atoms with Gasteiger partial charge in [0.15, 0.2) is 5.78 Å². The van der Waals surface area contributed by atoms with Crippen LogP contribution in [0.5, 0.6) is 0 Å². The molecule has 1 heterocycles. The molecule has 0 bridgehead atoms. The summed E-state index contributed by atoms with van der Waals surface area (Å²) in [5.74, 6) is -0.0336. The highest BCUT2D eigenvalue weighted by molar-refractivity contribution is 5.82. The Bertz CT molecular complexity index is 334. The van der Waals surface area contributed by atoms with E-state index in [2.05, 4.69) is 4.98 Å². The number of aromatic nitrogens is 1. The molecule has 1 unspecified atom stereocenters. The van der Waals surface area contributed by atoms with Gasteiger partial charge in [0, 0.05) is 11.4 Å². The summed E-state index contributed by atoms with van der Waals surface area (Å²) in [4.78, 5) is 15.3. The van der Waals surface area contributed by atoms with Gasteiger partial charge in [0.25, 0.3) is 0 Å². The Morgan fingerprint density at radius 1 is 1.46 bits per heavy atom. The van der Waals surface area contributed by atoms with E-state index in [0.29, 0.717) is 0 Å². The molecule has 2 N–H and O–H groups in total. The Morgan fingerprint density at radius 3 is 2.54 bits per heavy atom.